The molecule has 3 nitrogen and oxygen atoms in total. The number of rotatable bonds is 1. The minimum absolute atomic E-state index is 0.0481. The molecule has 0 saturated carbocycles. The minimum Gasteiger partial charge on any atom is -0.465 e. The molecular formula is C9H7BrF3NO2. The highest BCUT2D eigenvalue weighted by atomic mass is 79.9. The van der Waals surface area contributed by atoms with E-state index in [1.54, 1.807) is 0 Å². The molecule has 0 bridgehead atoms. The number of alkyl halides is 3. The molecule has 1 aromatic carbocycles. The number of ether oxygens (including phenoxy) is 1. The van der Waals surface area contributed by atoms with Gasteiger partial charge >= 0.3 is 12.1 Å². The Bertz CT molecular complexity index is 431. The maximum atomic E-state index is 12.4. The Morgan fingerprint density at radius 3 is 2.44 bits per heavy atom. The molecule has 0 amide bonds. The van der Waals surface area contributed by atoms with E-state index in [0.29, 0.717) is 0 Å². The Balaban J connectivity index is 3.35. The Kier molecular flexibility index (Phi) is 3.47. The van der Waals surface area contributed by atoms with Crippen molar-refractivity contribution in [2.24, 2.45) is 0 Å². The van der Waals surface area contributed by atoms with Crippen molar-refractivity contribution in [3.05, 3.63) is 27.7 Å². The third-order valence-corrected chi connectivity index (χ3v) is 2.74. The van der Waals surface area contributed by atoms with Crippen molar-refractivity contribution in [1.29, 1.82) is 0 Å². The molecule has 1 rings (SSSR count). The summed E-state index contributed by atoms with van der Waals surface area (Å²) in [4.78, 5) is 11.2. The second-order valence-electron chi connectivity index (χ2n) is 2.88. The van der Waals surface area contributed by atoms with Gasteiger partial charge in [0.1, 0.15) is 0 Å². The minimum atomic E-state index is -4.55. The number of anilines is 1. The predicted octanol–water partition coefficient (Wildman–Crippen LogP) is 2.84. The van der Waals surface area contributed by atoms with Crippen LogP contribution in [0, 0.1) is 0 Å². The fourth-order valence-electron chi connectivity index (χ4n) is 1.11. The molecule has 0 atom stereocenters. The van der Waals surface area contributed by atoms with Gasteiger partial charge in [-0.1, -0.05) is 0 Å². The lowest BCUT2D eigenvalue weighted by atomic mass is 10.1. The number of carbonyl (C=O) groups excluding carboxylic acids is 1. The van der Waals surface area contributed by atoms with Gasteiger partial charge in [0, 0.05) is 0 Å². The number of nitrogen functional groups attached to an aromatic ring is 1. The zero-order valence-electron chi connectivity index (χ0n) is 8.06. The van der Waals surface area contributed by atoms with Crippen molar-refractivity contribution in [1.82, 2.24) is 0 Å². The van der Waals surface area contributed by atoms with E-state index in [-0.39, 0.29) is 10.0 Å². The van der Waals surface area contributed by atoms with Crippen LogP contribution in [0.1, 0.15) is 15.9 Å². The van der Waals surface area contributed by atoms with Crippen LogP contribution in [-0.4, -0.2) is 13.1 Å². The van der Waals surface area contributed by atoms with E-state index in [1.165, 1.54) is 0 Å². The summed E-state index contributed by atoms with van der Waals surface area (Å²) in [5.41, 5.74) is 3.71. The highest BCUT2D eigenvalue weighted by Crippen LogP contribution is 2.38. The fraction of sp³-hybridized carbons (Fsp3) is 0.222. The number of hydrogen-bond acceptors (Lipinski definition) is 3. The Morgan fingerprint density at radius 2 is 2.00 bits per heavy atom. The van der Waals surface area contributed by atoms with Crippen LogP contribution in [0.15, 0.2) is 16.6 Å². The monoisotopic (exact) mass is 297 g/mol. The Hall–Kier alpha value is -1.24. The van der Waals surface area contributed by atoms with E-state index in [2.05, 4.69) is 20.7 Å². The Morgan fingerprint density at radius 1 is 1.44 bits per heavy atom. The highest BCUT2D eigenvalue weighted by Gasteiger charge is 2.34. The number of nitrogens with two attached hydrogens (primary N) is 1. The topological polar surface area (TPSA) is 52.3 Å². The molecule has 2 N–H and O–H groups in total. The van der Waals surface area contributed by atoms with Gasteiger partial charge < -0.3 is 10.5 Å². The van der Waals surface area contributed by atoms with Crippen molar-refractivity contribution >= 4 is 27.6 Å². The van der Waals surface area contributed by atoms with Crippen LogP contribution < -0.4 is 5.73 Å². The molecule has 0 aliphatic rings. The number of methoxy groups -OCH3 is 1. The number of carbonyl (C=O) groups is 1. The van der Waals surface area contributed by atoms with E-state index in [9.17, 15) is 18.0 Å². The van der Waals surface area contributed by atoms with E-state index in [1.807, 2.05) is 0 Å². The SMILES string of the molecule is COC(=O)c1ccc(C(F)(F)F)c(N)c1Br. The summed E-state index contributed by atoms with van der Waals surface area (Å²) >= 11 is 2.84. The van der Waals surface area contributed by atoms with Crippen molar-refractivity contribution in [2.45, 2.75) is 6.18 Å². The quantitative estimate of drug-likeness (QED) is 0.640. The van der Waals surface area contributed by atoms with Gasteiger partial charge in [0.15, 0.2) is 0 Å². The van der Waals surface area contributed by atoms with Crippen molar-refractivity contribution in [3.63, 3.8) is 0 Å². The first-order valence-corrected chi connectivity index (χ1v) is 4.81. The number of benzene rings is 1. The highest BCUT2D eigenvalue weighted by molar-refractivity contribution is 9.10. The third kappa shape index (κ3) is 2.29. The van der Waals surface area contributed by atoms with E-state index < -0.39 is 23.4 Å². The van der Waals surface area contributed by atoms with E-state index >= 15 is 0 Å². The summed E-state index contributed by atoms with van der Waals surface area (Å²) in [5, 5.41) is 0. The van der Waals surface area contributed by atoms with Gasteiger partial charge in [-0.25, -0.2) is 4.79 Å². The zero-order valence-corrected chi connectivity index (χ0v) is 9.65. The second kappa shape index (κ2) is 4.32. The summed E-state index contributed by atoms with van der Waals surface area (Å²) in [6.45, 7) is 0. The molecule has 0 radical (unpaired) electrons. The lowest BCUT2D eigenvalue weighted by molar-refractivity contribution is -0.136. The van der Waals surface area contributed by atoms with Crippen LogP contribution in [0.2, 0.25) is 0 Å². The molecule has 0 saturated heterocycles. The average Bonchev–Trinajstić information content (AvgIpc) is 2.19. The molecule has 1 aromatic rings. The van der Waals surface area contributed by atoms with Crippen molar-refractivity contribution in [2.75, 3.05) is 12.8 Å². The summed E-state index contributed by atoms with van der Waals surface area (Å²) in [5.74, 6) is -0.757. The van der Waals surface area contributed by atoms with Gasteiger partial charge in [-0.2, -0.15) is 13.2 Å². The van der Waals surface area contributed by atoms with Crippen LogP contribution >= 0.6 is 15.9 Å². The summed E-state index contributed by atoms with van der Waals surface area (Å²) in [6, 6.07) is 1.75. The van der Waals surface area contributed by atoms with Crippen molar-refractivity contribution in [3.8, 4) is 0 Å². The summed E-state index contributed by atoms with van der Waals surface area (Å²) < 4.78 is 41.6. The zero-order chi connectivity index (χ0) is 12.5. The van der Waals surface area contributed by atoms with E-state index in [0.717, 1.165) is 19.2 Å². The lowest BCUT2D eigenvalue weighted by Crippen LogP contribution is -2.12. The maximum absolute atomic E-state index is 12.4. The molecule has 0 aliphatic carbocycles. The van der Waals surface area contributed by atoms with Gasteiger partial charge in [0.05, 0.1) is 28.4 Å². The largest absolute Gasteiger partial charge is 0.465 e. The predicted molar refractivity (Wildman–Crippen MR) is 54.9 cm³/mol. The standard InChI is InChI=1S/C9H7BrF3NO2/c1-16-8(15)4-2-3-5(9(11,12)13)7(14)6(4)10/h2-3H,14H2,1H3. The van der Waals surface area contributed by atoms with E-state index in [4.69, 9.17) is 5.73 Å². The van der Waals surface area contributed by atoms with Gasteiger partial charge in [-0.3, -0.25) is 0 Å². The fourth-order valence-corrected chi connectivity index (χ4v) is 1.62. The number of halogens is 4. The van der Waals surface area contributed by atoms with Gasteiger partial charge in [0.2, 0.25) is 0 Å². The lowest BCUT2D eigenvalue weighted by Gasteiger charge is -2.13. The molecule has 0 aliphatic heterocycles. The Labute approximate surface area is 97.5 Å². The van der Waals surface area contributed by atoms with Gasteiger partial charge in [-0.05, 0) is 28.1 Å². The number of hydrogen-bond donors (Lipinski definition) is 1. The molecule has 0 aromatic heterocycles. The third-order valence-electron chi connectivity index (χ3n) is 1.89. The average molecular weight is 298 g/mol. The normalized spacial score (nSPS) is 11.3. The molecule has 0 heterocycles. The molecule has 7 heteroatoms. The van der Waals surface area contributed by atoms with Crippen LogP contribution in [-0.2, 0) is 10.9 Å². The summed E-state index contributed by atoms with van der Waals surface area (Å²) in [7, 11) is 1.13. The number of esters is 1. The van der Waals surface area contributed by atoms with Crippen LogP contribution in [0.3, 0.4) is 0 Å². The molecule has 0 unspecified atom stereocenters. The summed E-state index contributed by atoms with van der Waals surface area (Å²) in [6.07, 6.45) is -4.55. The molecule has 0 spiro atoms. The van der Waals surface area contributed by atoms with Gasteiger partial charge in [-0.15, -0.1) is 0 Å². The van der Waals surface area contributed by atoms with Crippen LogP contribution in [0.25, 0.3) is 0 Å². The molecular weight excluding hydrogens is 291 g/mol. The van der Waals surface area contributed by atoms with Gasteiger partial charge in [0.25, 0.3) is 0 Å². The molecule has 88 valence electrons. The first-order chi connectivity index (χ1) is 7.29. The molecule has 0 fully saturated rings. The smallest absolute Gasteiger partial charge is 0.418 e. The maximum Gasteiger partial charge on any atom is 0.418 e. The first-order valence-electron chi connectivity index (χ1n) is 4.02. The second-order valence-corrected chi connectivity index (χ2v) is 3.67. The molecule has 16 heavy (non-hydrogen) atoms. The van der Waals surface area contributed by atoms with Crippen LogP contribution in [0.5, 0.6) is 0 Å². The van der Waals surface area contributed by atoms with Crippen LogP contribution in [0.4, 0.5) is 18.9 Å². The first kappa shape index (κ1) is 12.8. The van der Waals surface area contributed by atoms with Crippen molar-refractivity contribution < 1.29 is 22.7 Å².